The molecule has 2 rings (SSSR count). The van der Waals surface area contributed by atoms with Crippen LogP contribution in [0.1, 0.15) is 38.4 Å². The second-order valence-electron chi connectivity index (χ2n) is 5.06. The maximum Gasteiger partial charge on any atom is 0.0787 e. The molecule has 3 nitrogen and oxygen atoms in total. The molecule has 0 aromatic heterocycles. The molecule has 0 amide bonds. The molecule has 18 heavy (non-hydrogen) atoms. The van der Waals surface area contributed by atoms with Crippen molar-refractivity contribution in [2.24, 2.45) is 0 Å². The first-order valence-electron chi connectivity index (χ1n) is 6.76. The van der Waals surface area contributed by atoms with Crippen molar-refractivity contribution in [2.45, 2.75) is 44.9 Å². The average molecular weight is 249 g/mol. The number of rotatable bonds is 4. The van der Waals surface area contributed by atoms with Gasteiger partial charge in [-0.25, -0.2) is 0 Å². The third kappa shape index (κ3) is 2.68. The molecule has 0 aliphatic carbocycles. The SMILES string of the molecule is CC[C@@H](O)c1ccc(N(C)C2CCOC2C)cc1. The van der Waals surface area contributed by atoms with Crippen molar-refractivity contribution in [3.8, 4) is 0 Å². The first kappa shape index (κ1) is 13.4. The second kappa shape index (κ2) is 5.72. The predicted octanol–water partition coefficient (Wildman–Crippen LogP) is 2.74. The Kier molecular flexibility index (Phi) is 4.25. The van der Waals surface area contributed by atoms with E-state index in [2.05, 4.69) is 31.0 Å². The second-order valence-corrected chi connectivity index (χ2v) is 5.06. The number of hydrogen-bond donors (Lipinski definition) is 1. The van der Waals surface area contributed by atoms with E-state index in [1.165, 1.54) is 5.69 Å². The minimum Gasteiger partial charge on any atom is -0.388 e. The van der Waals surface area contributed by atoms with E-state index in [9.17, 15) is 5.11 Å². The molecule has 0 radical (unpaired) electrons. The Morgan fingerprint density at radius 3 is 2.56 bits per heavy atom. The van der Waals surface area contributed by atoms with Crippen molar-refractivity contribution in [1.29, 1.82) is 0 Å². The van der Waals surface area contributed by atoms with E-state index in [1.807, 2.05) is 19.1 Å². The van der Waals surface area contributed by atoms with Crippen molar-refractivity contribution in [2.75, 3.05) is 18.6 Å². The molecule has 1 aliphatic rings. The van der Waals surface area contributed by atoms with Crippen LogP contribution in [-0.4, -0.2) is 30.9 Å². The quantitative estimate of drug-likeness (QED) is 0.890. The average Bonchev–Trinajstić information content (AvgIpc) is 2.83. The predicted molar refractivity (Wildman–Crippen MR) is 73.9 cm³/mol. The van der Waals surface area contributed by atoms with Gasteiger partial charge < -0.3 is 14.7 Å². The molecule has 1 aromatic rings. The summed E-state index contributed by atoms with van der Waals surface area (Å²) in [4.78, 5) is 2.28. The number of anilines is 1. The smallest absolute Gasteiger partial charge is 0.0787 e. The van der Waals surface area contributed by atoms with Gasteiger partial charge in [0.15, 0.2) is 0 Å². The van der Waals surface area contributed by atoms with Crippen LogP contribution in [0.3, 0.4) is 0 Å². The molecule has 0 spiro atoms. The van der Waals surface area contributed by atoms with Crippen LogP contribution < -0.4 is 4.90 Å². The standard InChI is InChI=1S/C15H23NO2/c1-4-15(17)12-5-7-13(8-6-12)16(3)14-9-10-18-11(14)2/h5-8,11,14-15,17H,4,9-10H2,1-3H3/t11?,14?,15-/m1/s1. The van der Waals surface area contributed by atoms with Crippen LogP contribution in [0.15, 0.2) is 24.3 Å². The van der Waals surface area contributed by atoms with Gasteiger partial charge in [0.2, 0.25) is 0 Å². The number of ether oxygens (including phenoxy) is 1. The van der Waals surface area contributed by atoms with E-state index in [4.69, 9.17) is 4.74 Å². The Bertz CT molecular complexity index is 377. The highest BCUT2D eigenvalue weighted by Gasteiger charge is 2.27. The molecule has 1 aliphatic heterocycles. The van der Waals surface area contributed by atoms with Gasteiger partial charge >= 0.3 is 0 Å². The van der Waals surface area contributed by atoms with E-state index in [1.54, 1.807) is 0 Å². The highest BCUT2D eigenvalue weighted by Crippen LogP contribution is 2.26. The van der Waals surface area contributed by atoms with Gasteiger partial charge in [0.1, 0.15) is 0 Å². The van der Waals surface area contributed by atoms with Gasteiger partial charge in [-0.1, -0.05) is 19.1 Å². The van der Waals surface area contributed by atoms with Crippen LogP contribution in [0.4, 0.5) is 5.69 Å². The molecule has 3 heteroatoms. The van der Waals surface area contributed by atoms with Crippen LogP contribution in [0.5, 0.6) is 0 Å². The summed E-state index contributed by atoms with van der Waals surface area (Å²) in [7, 11) is 2.11. The molecule has 1 aromatic carbocycles. The van der Waals surface area contributed by atoms with E-state index in [-0.39, 0.29) is 12.2 Å². The van der Waals surface area contributed by atoms with E-state index in [0.29, 0.717) is 6.04 Å². The Labute approximate surface area is 109 Å². The fraction of sp³-hybridized carbons (Fsp3) is 0.600. The van der Waals surface area contributed by atoms with Crippen molar-refractivity contribution >= 4 is 5.69 Å². The van der Waals surface area contributed by atoms with Gasteiger partial charge in [-0.15, -0.1) is 0 Å². The van der Waals surface area contributed by atoms with E-state index < -0.39 is 0 Å². The summed E-state index contributed by atoms with van der Waals surface area (Å²) in [6.07, 6.45) is 1.77. The lowest BCUT2D eigenvalue weighted by Crippen LogP contribution is -2.36. The first-order valence-corrected chi connectivity index (χ1v) is 6.76. The highest BCUT2D eigenvalue weighted by molar-refractivity contribution is 5.48. The normalized spacial score (nSPS) is 25.1. The van der Waals surface area contributed by atoms with Gasteiger partial charge in [-0.05, 0) is 37.5 Å². The molecule has 0 saturated carbocycles. The molecule has 1 heterocycles. The molecule has 0 bridgehead atoms. The summed E-state index contributed by atoms with van der Waals surface area (Å²) < 4.78 is 5.61. The Hall–Kier alpha value is -1.06. The summed E-state index contributed by atoms with van der Waals surface area (Å²) in [5, 5.41) is 9.78. The van der Waals surface area contributed by atoms with Crippen LogP contribution in [0, 0.1) is 0 Å². The number of aliphatic hydroxyl groups is 1. The Morgan fingerprint density at radius 2 is 2.06 bits per heavy atom. The largest absolute Gasteiger partial charge is 0.388 e. The molecular weight excluding hydrogens is 226 g/mol. The monoisotopic (exact) mass is 249 g/mol. The number of aliphatic hydroxyl groups excluding tert-OH is 1. The zero-order chi connectivity index (χ0) is 13.1. The number of nitrogens with zero attached hydrogens (tertiary/aromatic N) is 1. The van der Waals surface area contributed by atoms with Crippen molar-refractivity contribution in [3.05, 3.63) is 29.8 Å². The molecular formula is C15H23NO2. The maximum atomic E-state index is 9.78. The molecule has 1 saturated heterocycles. The van der Waals surface area contributed by atoms with Gasteiger partial charge in [0.05, 0.1) is 18.2 Å². The summed E-state index contributed by atoms with van der Waals surface area (Å²) in [5.74, 6) is 0. The van der Waals surface area contributed by atoms with Gasteiger partial charge in [-0.2, -0.15) is 0 Å². The van der Waals surface area contributed by atoms with Crippen LogP contribution in [0.25, 0.3) is 0 Å². The van der Waals surface area contributed by atoms with Crippen molar-refractivity contribution in [1.82, 2.24) is 0 Å². The lowest BCUT2D eigenvalue weighted by Gasteiger charge is -2.29. The lowest BCUT2D eigenvalue weighted by atomic mass is 10.1. The van der Waals surface area contributed by atoms with Crippen molar-refractivity contribution in [3.63, 3.8) is 0 Å². The van der Waals surface area contributed by atoms with Gasteiger partial charge in [0, 0.05) is 19.3 Å². The number of likely N-dealkylation sites (N-methyl/N-ethyl adjacent to an activating group) is 1. The fourth-order valence-corrected chi connectivity index (χ4v) is 2.59. The summed E-state index contributed by atoms with van der Waals surface area (Å²) in [6, 6.07) is 8.64. The number of benzene rings is 1. The molecule has 2 unspecified atom stereocenters. The van der Waals surface area contributed by atoms with Gasteiger partial charge in [-0.3, -0.25) is 0 Å². The van der Waals surface area contributed by atoms with Crippen LogP contribution >= 0.6 is 0 Å². The minimum atomic E-state index is -0.349. The summed E-state index contributed by atoms with van der Waals surface area (Å²) in [6.45, 7) is 4.97. The summed E-state index contributed by atoms with van der Waals surface area (Å²) in [5.41, 5.74) is 2.18. The lowest BCUT2D eigenvalue weighted by molar-refractivity contribution is 0.118. The number of hydrogen-bond acceptors (Lipinski definition) is 3. The first-order chi connectivity index (χ1) is 8.63. The van der Waals surface area contributed by atoms with Crippen LogP contribution in [0.2, 0.25) is 0 Å². The topological polar surface area (TPSA) is 32.7 Å². The maximum absolute atomic E-state index is 9.78. The summed E-state index contributed by atoms with van der Waals surface area (Å²) >= 11 is 0. The third-order valence-electron chi connectivity index (χ3n) is 3.91. The van der Waals surface area contributed by atoms with E-state index in [0.717, 1.165) is 25.0 Å². The zero-order valence-corrected chi connectivity index (χ0v) is 11.5. The molecule has 1 N–H and O–H groups in total. The minimum absolute atomic E-state index is 0.288. The zero-order valence-electron chi connectivity index (χ0n) is 11.5. The highest BCUT2D eigenvalue weighted by atomic mass is 16.5. The van der Waals surface area contributed by atoms with Gasteiger partial charge in [0.25, 0.3) is 0 Å². The van der Waals surface area contributed by atoms with Crippen molar-refractivity contribution < 1.29 is 9.84 Å². The van der Waals surface area contributed by atoms with Crippen LogP contribution in [-0.2, 0) is 4.74 Å². The third-order valence-corrected chi connectivity index (χ3v) is 3.91. The van der Waals surface area contributed by atoms with E-state index >= 15 is 0 Å². The molecule has 100 valence electrons. The fourth-order valence-electron chi connectivity index (χ4n) is 2.59. The Morgan fingerprint density at radius 1 is 1.39 bits per heavy atom. The Balaban J connectivity index is 2.09. The molecule has 1 fully saturated rings. The molecule has 3 atom stereocenters.